The maximum atomic E-state index is 5.89. The van der Waals surface area contributed by atoms with E-state index in [2.05, 4.69) is 20.5 Å². The molecule has 3 aromatic rings. The van der Waals surface area contributed by atoms with E-state index in [4.69, 9.17) is 11.6 Å². The first-order chi connectivity index (χ1) is 9.31. The van der Waals surface area contributed by atoms with Gasteiger partial charge < -0.3 is 5.32 Å². The summed E-state index contributed by atoms with van der Waals surface area (Å²) in [6, 6.07) is 5.55. The van der Waals surface area contributed by atoms with Crippen LogP contribution in [0, 0.1) is 0 Å². The van der Waals surface area contributed by atoms with Gasteiger partial charge in [0.15, 0.2) is 5.65 Å². The second-order valence-electron chi connectivity index (χ2n) is 4.13. The zero-order valence-electron chi connectivity index (χ0n) is 10.2. The largest absolute Gasteiger partial charge is 0.353 e. The minimum atomic E-state index is 0.614. The van der Waals surface area contributed by atoms with Crippen molar-refractivity contribution >= 4 is 23.2 Å². The van der Waals surface area contributed by atoms with Crippen molar-refractivity contribution in [3.8, 4) is 0 Å². The SMILES string of the molecule is Clc1ccc2nc(NCCCn3cccn3)nn2c1. The Morgan fingerprint density at radius 3 is 3.11 bits per heavy atom. The third-order valence-corrected chi connectivity index (χ3v) is 2.92. The molecule has 7 heteroatoms. The van der Waals surface area contributed by atoms with Crippen LogP contribution >= 0.6 is 11.6 Å². The monoisotopic (exact) mass is 276 g/mol. The molecule has 1 N–H and O–H groups in total. The summed E-state index contributed by atoms with van der Waals surface area (Å²) in [7, 11) is 0. The summed E-state index contributed by atoms with van der Waals surface area (Å²) in [6.07, 6.45) is 6.42. The Bertz CT molecular complexity index is 660. The molecule has 0 bridgehead atoms. The van der Waals surface area contributed by atoms with Crippen LogP contribution in [0.5, 0.6) is 0 Å². The van der Waals surface area contributed by atoms with Gasteiger partial charge in [-0.3, -0.25) is 4.68 Å². The number of fused-ring (bicyclic) bond motifs is 1. The topological polar surface area (TPSA) is 60.0 Å². The lowest BCUT2D eigenvalue weighted by Crippen LogP contribution is -2.08. The van der Waals surface area contributed by atoms with Crippen LogP contribution in [0.25, 0.3) is 5.65 Å². The van der Waals surface area contributed by atoms with Crippen molar-refractivity contribution in [1.82, 2.24) is 24.4 Å². The highest BCUT2D eigenvalue weighted by Crippen LogP contribution is 2.11. The molecule has 3 aromatic heterocycles. The van der Waals surface area contributed by atoms with Gasteiger partial charge >= 0.3 is 0 Å². The van der Waals surface area contributed by atoms with E-state index in [1.807, 2.05) is 23.0 Å². The van der Waals surface area contributed by atoms with Crippen molar-refractivity contribution in [3.63, 3.8) is 0 Å². The van der Waals surface area contributed by atoms with Gasteiger partial charge in [0.1, 0.15) is 0 Å². The van der Waals surface area contributed by atoms with Crippen molar-refractivity contribution in [3.05, 3.63) is 41.8 Å². The van der Waals surface area contributed by atoms with E-state index in [0.29, 0.717) is 11.0 Å². The molecule has 0 radical (unpaired) electrons. The summed E-state index contributed by atoms with van der Waals surface area (Å²) in [4.78, 5) is 4.35. The van der Waals surface area contributed by atoms with E-state index < -0.39 is 0 Å². The average molecular weight is 277 g/mol. The first kappa shape index (κ1) is 12.0. The van der Waals surface area contributed by atoms with Gasteiger partial charge in [-0.15, -0.1) is 5.10 Å². The van der Waals surface area contributed by atoms with E-state index >= 15 is 0 Å². The quantitative estimate of drug-likeness (QED) is 0.725. The number of aromatic nitrogens is 5. The molecule has 19 heavy (non-hydrogen) atoms. The van der Waals surface area contributed by atoms with Crippen LogP contribution in [0.3, 0.4) is 0 Å². The minimum Gasteiger partial charge on any atom is -0.353 e. The van der Waals surface area contributed by atoms with Crippen LogP contribution in [-0.4, -0.2) is 30.9 Å². The molecular formula is C12H13ClN6. The van der Waals surface area contributed by atoms with Gasteiger partial charge in [0.05, 0.1) is 5.02 Å². The number of aryl methyl sites for hydroxylation is 1. The van der Waals surface area contributed by atoms with Crippen LogP contribution < -0.4 is 5.32 Å². The molecular weight excluding hydrogens is 264 g/mol. The van der Waals surface area contributed by atoms with Gasteiger partial charge in [-0.1, -0.05) is 11.6 Å². The Kier molecular flexibility index (Phi) is 3.33. The predicted octanol–water partition coefficient (Wildman–Crippen LogP) is 2.08. The highest BCUT2D eigenvalue weighted by Gasteiger charge is 2.02. The van der Waals surface area contributed by atoms with Crippen LogP contribution in [0.4, 0.5) is 5.95 Å². The van der Waals surface area contributed by atoms with Gasteiger partial charge in [-0.2, -0.15) is 10.1 Å². The minimum absolute atomic E-state index is 0.614. The summed E-state index contributed by atoms with van der Waals surface area (Å²) in [5.74, 6) is 0.614. The second-order valence-corrected chi connectivity index (χ2v) is 4.57. The molecule has 98 valence electrons. The van der Waals surface area contributed by atoms with E-state index in [1.54, 1.807) is 23.0 Å². The number of hydrogen-bond acceptors (Lipinski definition) is 4. The fraction of sp³-hybridized carbons (Fsp3) is 0.250. The van der Waals surface area contributed by atoms with Gasteiger partial charge in [0.25, 0.3) is 0 Å². The maximum Gasteiger partial charge on any atom is 0.243 e. The van der Waals surface area contributed by atoms with Crippen LogP contribution in [0.2, 0.25) is 5.02 Å². The Hall–Kier alpha value is -2.08. The highest BCUT2D eigenvalue weighted by molar-refractivity contribution is 6.30. The van der Waals surface area contributed by atoms with Gasteiger partial charge in [-0.25, -0.2) is 4.52 Å². The zero-order valence-corrected chi connectivity index (χ0v) is 11.0. The van der Waals surface area contributed by atoms with Crippen LogP contribution in [0.1, 0.15) is 6.42 Å². The first-order valence-electron chi connectivity index (χ1n) is 6.04. The Morgan fingerprint density at radius 1 is 1.32 bits per heavy atom. The van der Waals surface area contributed by atoms with Crippen molar-refractivity contribution in [2.45, 2.75) is 13.0 Å². The molecule has 0 spiro atoms. The summed E-state index contributed by atoms with van der Waals surface area (Å²) < 4.78 is 3.57. The molecule has 0 atom stereocenters. The molecule has 0 fully saturated rings. The predicted molar refractivity (Wildman–Crippen MR) is 73.3 cm³/mol. The van der Waals surface area contributed by atoms with Gasteiger partial charge in [0.2, 0.25) is 5.95 Å². The lowest BCUT2D eigenvalue weighted by Gasteiger charge is -2.01. The number of hydrogen-bond donors (Lipinski definition) is 1. The van der Waals surface area contributed by atoms with Gasteiger partial charge in [-0.05, 0) is 24.6 Å². The van der Waals surface area contributed by atoms with E-state index in [-0.39, 0.29) is 0 Å². The van der Waals surface area contributed by atoms with Crippen molar-refractivity contribution in [2.24, 2.45) is 0 Å². The molecule has 0 saturated carbocycles. The fourth-order valence-electron chi connectivity index (χ4n) is 1.81. The van der Waals surface area contributed by atoms with Crippen molar-refractivity contribution in [1.29, 1.82) is 0 Å². The molecule has 0 aromatic carbocycles. The van der Waals surface area contributed by atoms with E-state index in [9.17, 15) is 0 Å². The molecule has 0 unspecified atom stereocenters. The Labute approximate surface area is 115 Å². The van der Waals surface area contributed by atoms with E-state index in [1.165, 1.54) is 0 Å². The number of anilines is 1. The number of halogens is 1. The molecule has 3 rings (SSSR count). The van der Waals surface area contributed by atoms with Gasteiger partial charge in [0, 0.05) is 31.7 Å². The molecule has 3 heterocycles. The molecule has 6 nitrogen and oxygen atoms in total. The van der Waals surface area contributed by atoms with E-state index in [0.717, 1.165) is 25.2 Å². The lowest BCUT2D eigenvalue weighted by molar-refractivity contribution is 0.591. The number of pyridine rings is 1. The maximum absolute atomic E-state index is 5.89. The molecule has 0 saturated heterocycles. The smallest absolute Gasteiger partial charge is 0.243 e. The molecule has 0 aliphatic carbocycles. The van der Waals surface area contributed by atoms with Crippen LogP contribution in [0.15, 0.2) is 36.8 Å². The Morgan fingerprint density at radius 2 is 2.26 bits per heavy atom. The summed E-state index contributed by atoms with van der Waals surface area (Å²) in [5.41, 5.74) is 0.777. The number of nitrogens with one attached hydrogen (secondary N) is 1. The molecule has 0 aliphatic rings. The molecule has 0 amide bonds. The zero-order chi connectivity index (χ0) is 13.1. The first-order valence-corrected chi connectivity index (χ1v) is 6.42. The third kappa shape index (κ3) is 2.85. The second kappa shape index (κ2) is 5.27. The molecule has 0 aliphatic heterocycles. The van der Waals surface area contributed by atoms with Crippen molar-refractivity contribution < 1.29 is 0 Å². The standard InChI is InChI=1S/C12H13ClN6/c13-10-3-4-11-16-12(17-19(11)9-10)14-5-1-7-18-8-2-6-15-18/h2-4,6,8-9H,1,5,7H2,(H,14,17). The van der Waals surface area contributed by atoms with Crippen molar-refractivity contribution in [2.75, 3.05) is 11.9 Å². The Balaban J connectivity index is 1.56. The summed E-state index contributed by atoms with van der Waals surface area (Å²) in [6.45, 7) is 1.67. The summed E-state index contributed by atoms with van der Waals surface area (Å²) in [5, 5.41) is 12.3. The number of rotatable bonds is 5. The third-order valence-electron chi connectivity index (χ3n) is 2.70. The summed E-state index contributed by atoms with van der Waals surface area (Å²) >= 11 is 5.89. The number of nitrogens with zero attached hydrogens (tertiary/aromatic N) is 5. The van der Waals surface area contributed by atoms with Crippen LogP contribution in [-0.2, 0) is 6.54 Å². The average Bonchev–Trinajstić information content (AvgIpc) is 3.02. The lowest BCUT2D eigenvalue weighted by atomic mass is 10.4. The highest BCUT2D eigenvalue weighted by atomic mass is 35.5. The normalized spacial score (nSPS) is 11.0. The fourth-order valence-corrected chi connectivity index (χ4v) is 1.96.